The summed E-state index contributed by atoms with van der Waals surface area (Å²) in [6.07, 6.45) is 1.33. The quantitative estimate of drug-likeness (QED) is 0.763. The zero-order valence-electron chi connectivity index (χ0n) is 8.09. The minimum Gasteiger partial charge on any atom is -0.351 e. The summed E-state index contributed by atoms with van der Waals surface area (Å²) in [4.78, 5) is 11.3. The van der Waals surface area contributed by atoms with Crippen LogP contribution < -0.4 is 11.1 Å². The Bertz CT molecular complexity index is 351. The number of nitrogens with one attached hydrogen (secondary N) is 1. The van der Waals surface area contributed by atoms with E-state index in [-0.39, 0.29) is 5.76 Å². The number of carbonyl (C=O) groups excluding carboxylic acids is 1. The van der Waals surface area contributed by atoms with Gasteiger partial charge in [0.05, 0.1) is 19.3 Å². The highest BCUT2D eigenvalue weighted by Crippen LogP contribution is 2.10. The summed E-state index contributed by atoms with van der Waals surface area (Å²) in [5.74, 6) is -3.90. The molecule has 5 nitrogen and oxygen atoms in total. The van der Waals surface area contributed by atoms with Crippen LogP contribution in [0.1, 0.15) is 16.1 Å². The summed E-state index contributed by atoms with van der Waals surface area (Å²) >= 11 is 0. The predicted molar refractivity (Wildman–Crippen MR) is 47.6 cm³/mol. The normalized spacial score (nSPS) is 11.5. The fraction of sp³-hybridized carbons (Fsp3) is 0.500. The summed E-state index contributed by atoms with van der Waals surface area (Å²) in [7, 11) is 0. The maximum atomic E-state index is 12.7. The number of amides is 1. The number of alkyl halides is 2. The Morgan fingerprint density at radius 1 is 1.73 bits per heavy atom. The number of nitrogens with two attached hydrogens (primary N) is 1. The molecule has 0 aliphatic heterocycles. The molecule has 1 aromatic rings. The van der Waals surface area contributed by atoms with Crippen molar-refractivity contribution < 1.29 is 18.1 Å². The van der Waals surface area contributed by atoms with Crippen LogP contribution in [0.5, 0.6) is 0 Å². The molecule has 1 rings (SSSR count). The van der Waals surface area contributed by atoms with Gasteiger partial charge in [-0.3, -0.25) is 4.79 Å². The van der Waals surface area contributed by atoms with E-state index in [1.807, 2.05) is 5.32 Å². The molecule has 3 N–H and O–H groups in total. The van der Waals surface area contributed by atoms with Crippen LogP contribution in [0.15, 0.2) is 10.7 Å². The van der Waals surface area contributed by atoms with Crippen LogP contribution >= 0.6 is 0 Å². The molecule has 0 radical (unpaired) electrons. The highest BCUT2D eigenvalue weighted by atomic mass is 19.3. The highest BCUT2D eigenvalue weighted by molar-refractivity contribution is 5.92. The van der Waals surface area contributed by atoms with Gasteiger partial charge in [0.1, 0.15) is 0 Å². The van der Waals surface area contributed by atoms with Crippen LogP contribution in [0.2, 0.25) is 0 Å². The van der Waals surface area contributed by atoms with Crippen molar-refractivity contribution >= 4 is 5.91 Å². The largest absolute Gasteiger partial charge is 0.351 e. The second-order valence-corrected chi connectivity index (χ2v) is 3.08. The average Bonchev–Trinajstić information content (AvgIpc) is 2.61. The Morgan fingerprint density at radius 3 is 2.87 bits per heavy atom. The Morgan fingerprint density at radius 2 is 2.40 bits per heavy atom. The Kier molecular flexibility index (Phi) is 3.35. The molecule has 0 saturated carbocycles. The van der Waals surface area contributed by atoms with Gasteiger partial charge in [0.15, 0.2) is 0 Å². The molecule has 84 valence electrons. The van der Waals surface area contributed by atoms with Gasteiger partial charge in [-0.05, 0) is 6.92 Å². The molecule has 1 heterocycles. The zero-order valence-corrected chi connectivity index (χ0v) is 8.09. The molecule has 1 amide bonds. The minimum atomic E-state index is -3.11. The van der Waals surface area contributed by atoms with Crippen LogP contribution in [-0.4, -0.2) is 30.1 Å². The molecule has 0 aromatic carbocycles. The monoisotopic (exact) mass is 219 g/mol. The van der Waals surface area contributed by atoms with Gasteiger partial charge < -0.3 is 15.6 Å². The number of halogens is 2. The summed E-state index contributed by atoms with van der Waals surface area (Å²) < 4.78 is 29.9. The van der Waals surface area contributed by atoms with Gasteiger partial charge >= 0.3 is 0 Å². The van der Waals surface area contributed by atoms with Crippen LogP contribution in [-0.2, 0) is 0 Å². The maximum Gasteiger partial charge on any atom is 0.290 e. The Balaban J connectivity index is 2.55. The van der Waals surface area contributed by atoms with Gasteiger partial charge in [-0.25, -0.2) is 8.78 Å². The van der Waals surface area contributed by atoms with Crippen LogP contribution in [0.25, 0.3) is 0 Å². The van der Waals surface area contributed by atoms with Gasteiger partial charge in [-0.15, -0.1) is 0 Å². The standard InChI is InChI=1S/C8H11F2N3O2/c1-5-2-13-15-6(5)7(14)12-4-8(9,10)3-11/h2H,3-4,11H2,1H3,(H,12,14). The first kappa shape index (κ1) is 11.6. The topological polar surface area (TPSA) is 81.2 Å². The van der Waals surface area contributed by atoms with Gasteiger partial charge in [0.25, 0.3) is 11.8 Å². The van der Waals surface area contributed by atoms with Crippen molar-refractivity contribution in [3.63, 3.8) is 0 Å². The number of aromatic nitrogens is 1. The number of hydrogen-bond acceptors (Lipinski definition) is 4. The molecule has 15 heavy (non-hydrogen) atoms. The van der Waals surface area contributed by atoms with Crippen LogP contribution in [0.3, 0.4) is 0 Å². The summed E-state index contributed by atoms with van der Waals surface area (Å²) in [6, 6.07) is 0. The van der Waals surface area contributed by atoms with E-state index in [1.165, 1.54) is 6.20 Å². The van der Waals surface area contributed by atoms with Crippen molar-refractivity contribution in [1.82, 2.24) is 10.5 Å². The molecular formula is C8H11F2N3O2. The Labute approximate surface area is 84.6 Å². The molecule has 0 saturated heterocycles. The molecule has 0 spiro atoms. The molecule has 1 aromatic heterocycles. The number of carbonyl (C=O) groups is 1. The lowest BCUT2D eigenvalue weighted by molar-refractivity contribution is 0.0115. The SMILES string of the molecule is Cc1cnoc1C(=O)NCC(F)(F)CN. The van der Waals surface area contributed by atoms with Gasteiger partial charge in [-0.2, -0.15) is 0 Å². The van der Waals surface area contributed by atoms with E-state index in [0.717, 1.165) is 0 Å². The number of rotatable bonds is 4. The minimum absolute atomic E-state index is 0.0668. The Hall–Kier alpha value is -1.50. The average molecular weight is 219 g/mol. The van der Waals surface area contributed by atoms with E-state index >= 15 is 0 Å². The lowest BCUT2D eigenvalue weighted by atomic mass is 10.2. The summed E-state index contributed by atoms with van der Waals surface area (Å²) in [5, 5.41) is 5.37. The second-order valence-electron chi connectivity index (χ2n) is 3.08. The first-order valence-corrected chi connectivity index (χ1v) is 4.23. The number of aryl methyl sites for hydroxylation is 1. The van der Waals surface area contributed by atoms with Gasteiger partial charge in [0.2, 0.25) is 5.76 Å². The van der Waals surface area contributed by atoms with Crippen molar-refractivity contribution in [2.75, 3.05) is 13.1 Å². The van der Waals surface area contributed by atoms with Crippen molar-refractivity contribution in [1.29, 1.82) is 0 Å². The van der Waals surface area contributed by atoms with Crippen molar-refractivity contribution in [3.05, 3.63) is 17.5 Å². The molecule has 0 aliphatic carbocycles. The van der Waals surface area contributed by atoms with Gasteiger partial charge in [0, 0.05) is 5.56 Å². The van der Waals surface area contributed by atoms with Crippen molar-refractivity contribution in [2.45, 2.75) is 12.8 Å². The first-order valence-electron chi connectivity index (χ1n) is 4.23. The third-order valence-electron chi connectivity index (χ3n) is 1.76. The summed E-state index contributed by atoms with van der Waals surface area (Å²) in [5.41, 5.74) is 5.29. The maximum absolute atomic E-state index is 12.7. The zero-order chi connectivity index (χ0) is 11.5. The van der Waals surface area contributed by atoms with Crippen molar-refractivity contribution in [2.24, 2.45) is 5.73 Å². The lowest BCUT2D eigenvalue weighted by Crippen LogP contribution is -2.41. The fourth-order valence-electron chi connectivity index (χ4n) is 0.871. The van der Waals surface area contributed by atoms with E-state index < -0.39 is 24.9 Å². The third-order valence-corrected chi connectivity index (χ3v) is 1.76. The van der Waals surface area contributed by atoms with Crippen LogP contribution in [0, 0.1) is 6.92 Å². The number of nitrogens with zero attached hydrogens (tertiary/aromatic N) is 1. The molecule has 0 aliphatic rings. The molecule has 0 atom stereocenters. The van der Waals surface area contributed by atoms with Gasteiger partial charge in [-0.1, -0.05) is 5.16 Å². The van der Waals surface area contributed by atoms with E-state index in [1.54, 1.807) is 6.92 Å². The van der Waals surface area contributed by atoms with E-state index in [4.69, 9.17) is 5.73 Å². The molecule has 0 bridgehead atoms. The molecule has 0 fully saturated rings. The van der Waals surface area contributed by atoms with Crippen LogP contribution in [0.4, 0.5) is 8.78 Å². The summed E-state index contributed by atoms with van der Waals surface area (Å²) in [6.45, 7) is -0.0440. The third kappa shape index (κ3) is 2.98. The smallest absolute Gasteiger partial charge is 0.290 e. The van der Waals surface area contributed by atoms with Crippen molar-refractivity contribution in [3.8, 4) is 0 Å². The highest BCUT2D eigenvalue weighted by Gasteiger charge is 2.28. The van der Waals surface area contributed by atoms with E-state index in [9.17, 15) is 13.6 Å². The fourth-order valence-corrected chi connectivity index (χ4v) is 0.871. The molecule has 0 unspecified atom stereocenters. The van der Waals surface area contributed by atoms with E-state index in [2.05, 4.69) is 9.68 Å². The molecular weight excluding hydrogens is 208 g/mol. The second kappa shape index (κ2) is 4.35. The molecule has 7 heteroatoms. The number of hydrogen-bond donors (Lipinski definition) is 2. The lowest BCUT2D eigenvalue weighted by Gasteiger charge is -2.13. The first-order chi connectivity index (χ1) is 6.96. The predicted octanol–water partition coefficient (Wildman–Crippen LogP) is 0.307. The van der Waals surface area contributed by atoms with E-state index in [0.29, 0.717) is 5.56 Å².